The van der Waals surface area contributed by atoms with E-state index < -0.39 is 24.0 Å². The molecule has 0 saturated carbocycles. The number of hydrogen-bond acceptors (Lipinski definition) is 6. The Bertz CT molecular complexity index is 1060. The van der Waals surface area contributed by atoms with Crippen LogP contribution in [0, 0.1) is 5.82 Å². The lowest BCUT2D eigenvalue weighted by atomic mass is 10.2. The summed E-state index contributed by atoms with van der Waals surface area (Å²) < 4.78 is 61.9. The Hall–Kier alpha value is -3.50. The van der Waals surface area contributed by atoms with Crippen LogP contribution in [-0.4, -0.2) is 45.1 Å². The maximum Gasteiger partial charge on any atom is 0.471 e. The zero-order valence-corrected chi connectivity index (χ0v) is 15.3. The predicted octanol–water partition coefficient (Wildman–Crippen LogP) is 3.58. The first-order valence-corrected chi connectivity index (χ1v) is 8.88. The summed E-state index contributed by atoms with van der Waals surface area (Å²) in [7, 11) is 0. The molecule has 11 heteroatoms. The number of hydrogen-bond donors (Lipinski definition) is 0. The van der Waals surface area contributed by atoms with Gasteiger partial charge in [-0.05, 0) is 30.3 Å². The van der Waals surface area contributed by atoms with Gasteiger partial charge in [0.05, 0.1) is 6.54 Å². The van der Waals surface area contributed by atoms with Crippen molar-refractivity contribution in [2.75, 3.05) is 13.1 Å². The van der Waals surface area contributed by atoms with E-state index in [0.29, 0.717) is 18.5 Å². The molecule has 0 unspecified atom stereocenters. The summed E-state index contributed by atoms with van der Waals surface area (Å²) >= 11 is 0. The number of halogens is 4. The Balaban J connectivity index is 1.42. The zero-order chi connectivity index (χ0) is 21.3. The number of likely N-dealkylation sites (tertiary alicyclic amines) is 1. The molecule has 1 fully saturated rings. The van der Waals surface area contributed by atoms with Crippen LogP contribution in [0.3, 0.4) is 0 Å². The fraction of sp³-hybridized carbons (Fsp3) is 0.263. The Morgan fingerprint density at radius 3 is 2.63 bits per heavy atom. The van der Waals surface area contributed by atoms with Crippen LogP contribution in [0.4, 0.5) is 17.6 Å². The molecule has 1 aromatic carbocycles. The number of carbonyl (C=O) groups excluding carboxylic acids is 1. The third-order valence-corrected chi connectivity index (χ3v) is 4.51. The average molecular weight is 422 g/mol. The highest BCUT2D eigenvalue weighted by molar-refractivity contribution is 5.94. The van der Waals surface area contributed by atoms with Crippen LogP contribution >= 0.6 is 0 Å². The van der Waals surface area contributed by atoms with Gasteiger partial charge in [-0.25, -0.2) is 4.39 Å². The molecule has 3 aromatic rings. The minimum atomic E-state index is -4.78. The van der Waals surface area contributed by atoms with E-state index in [1.165, 1.54) is 24.5 Å². The normalized spacial score (nSPS) is 16.7. The van der Waals surface area contributed by atoms with E-state index in [2.05, 4.69) is 19.6 Å². The van der Waals surface area contributed by atoms with Gasteiger partial charge in [-0.15, -0.1) is 0 Å². The lowest BCUT2D eigenvalue weighted by Gasteiger charge is -2.17. The van der Waals surface area contributed by atoms with Crippen LogP contribution in [-0.2, 0) is 6.18 Å². The molecule has 0 aliphatic carbocycles. The zero-order valence-electron chi connectivity index (χ0n) is 15.3. The van der Waals surface area contributed by atoms with Crippen molar-refractivity contribution in [3.63, 3.8) is 0 Å². The number of aromatic nitrogens is 3. The molecular formula is C19H14F4N4O3. The van der Waals surface area contributed by atoms with Crippen LogP contribution in [0.25, 0.3) is 11.4 Å². The van der Waals surface area contributed by atoms with E-state index in [4.69, 9.17) is 4.74 Å². The molecule has 0 radical (unpaired) electrons. The fourth-order valence-corrected chi connectivity index (χ4v) is 3.06. The smallest absolute Gasteiger partial charge is 0.471 e. The molecular weight excluding hydrogens is 408 g/mol. The van der Waals surface area contributed by atoms with Crippen molar-refractivity contribution in [3.8, 4) is 17.1 Å². The second-order valence-electron chi connectivity index (χ2n) is 6.58. The summed E-state index contributed by atoms with van der Waals surface area (Å²) in [5, 5.41) is 3.22. The first kappa shape index (κ1) is 19.8. The average Bonchev–Trinajstić information content (AvgIpc) is 3.39. The Kier molecular flexibility index (Phi) is 5.10. The molecule has 0 N–H and O–H groups in total. The first-order valence-electron chi connectivity index (χ1n) is 8.88. The van der Waals surface area contributed by atoms with Gasteiger partial charge in [0, 0.05) is 36.5 Å². The van der Waals surface area contributed by atoms with Gasteiger partial charge in [0.25, 0.3) is 5.91 Å². The number of benzene rings is 1. The number of ether oxygens (including phenoxy) is 1. The molecule has 0 bridgehead atoms. The van der Waals surface area contributed by atoms with Crippen LogP contribution < -0.4 is 4.74 Å². The molecule has 0 spiro atoms. The van der Waals surface area contributed by atoms with Crippen molar-refractivity contribution in [2.24, 2.45) is 0 Å². The topological polar surface area (TPSA) is 81.4 Å². The molecule has 156 valence electrons. The second-order valence-corrected chi connectivity index (χ2v) is 6.58. The lowest BCUT2D eigenvalue weighted by Crippen LogP contribution is -2.31. The monoisotopic (exact) mass is 422 g/mol. The first-order chi connectivity index (χ1) is 14.3. The highest BCUT2D eigenvalue weighted by atomic mass is 19.4. The largest absolute Gasteiger partial charge is 0.485 e. The van der Waals surface area contributed by atoms with E-state index in [1.54, 1.807) is 17.0 Å². The predicted molar refractivity (Wildman–Crippen MR) is 93.9 cm³/mol. The van der Waals surface area contributed by atoms with Gasteiger partial charge in [0.1, 0.15) is 6.10 Å². The third kappa shape index (κ3) is 4.09. The molecule has 2 aromatic heterocycles. The second kappa shape index (κ2) is 7.73. The lowest BCUT2D eigenvalue weighted by molar-refractivity contribution is -0.159. The molecule has 30 heavy (non-hydrogen) atoms. The van der Waals surface area contributed by atoms with Crippen LogP contribution in [0.1, 0.15) is 22.7 Å². The van der Waals surface area contributed by atoms with E-state index in [0.717, 1.165) is 6.07 Å². The molecule has 1 atom stereocenters. The summed E-state index contributed by atoms with van der Waals surface area (Å²) in [6.07, 6.45) is -1.64. The van der Waals surface area contributed by atoms with Crippen molar-refractivity contribution < 1.29 is 31.6 Å². The number of pyridine rings is 1. The molecule has 1 aliphatic rings. The molecule has 1 aliphatic heterocycles. The summed E-state index contributed by atoms with van der Waals surface area (Å²) in [6.45, 7) is 0.733. The standard InChI is InChI=1S/C19H14F4N4O3/c20-14-9-12(16-25-18(30-26-16)19(21,22)23)1-2-15(14)29-13-5-8-27(10-13)17(28)11-3-6-24-7-4-11/h1-4,6-7,9,13H,5,8,10H2/t13-/m1/s1. The summed E-state index contributed by atoms with van der Waals surface area (Å²) in [6, 6.07) is 6.79. The summed E-state index contributed by atoms with van der Waals surface area (Å²) in [5.41, 5.74) is 0.513. The Labute approximate surface area is 167 Å². The van der Waals surface area contributed by atoms with Gasteiger partial charge in [-0.3, -0.25) is 9.78 Å². The van der Waals surface area contributed by atoms with Crippen LogP contribution in [0.5, 0.6) is 5.75 Å². The fourth-order valence-electron chi connectivity index (χ4n) is 3.06. The minimum Gasteiger partial charge on any atom is -0.485 e. The van der Waals surface area contributed by atoms with Crippen molar-refractivity contribution in [2.45, 2.75) is 18.7 Å². The molecule has 1 saturated heterocycles. The van der Waals surface area contributed by atoms with E-state index in [9.17, 15) is 22.4 Å². The molecule has 7 nitrogen and oxygen atoms in total. The Morgan fingerprint density at radius 2 is 1.97 bits per heavy atom. The van der Waals surface area contributed by atoms with Gasteiger partial charge < -0.3 is 14.2 Å². The maximum atomic E-state index is 14.4. The van der Waals surface area contributed by atoms with Gasteiger partial charge in [-0.1, -0.05) is 5.16 Å². The van der Waals surface area contributed by atoms with Crippen LogP contribution in [0.15, 0.2) is 47.2 Å². The van der Waals surface area contributed by atoms with Gasteiger partial charge in [0.15, 0.2) is 11.6 Å². The molecule has 3 heterocycles. The van der Waals surface area contributed by atoms with E-state index in [1.807, 2.05) is 0 Å². The van der Waals surface area contributed by atoms with Crippen molar-refractivity contribution >= 4 is 5.91 Å². The molecule has 1 amide bonds. The van der Waals surface area contributed by atoms with Gasteiger partial charge >= 0.3 is 12.1 Å². The number of nitrogens with zero attached hydrogens (tertiary/aromatic N) is 4. The SMILES string of the molecule is O=C(c1ccncc1)N1CC[C@@H](Oc2ccc(-c3noc(C(F)(F)F)n3)cc2F)C1. The number of rotatable bonds is 4. The van der Waals surface area contributed by atoms with Gasteiger partial charge in [0.2, 0.25) is 5.82 Å². The number of carbonyl (C=O) groups is 1. The number of amides is 1. The van der Waals surface area contributed by atoms with Gasteiger partial charge in [-0.2, -0.15) is 18.2 Å². The van der Waals surface area contributed by atoms with Crippen LogP contribution in [0.2, 0.25) is 0 Å². The summed E-state index contributed by atoms with van der Waals surface area (Å²) in [5.74, 6) is -2.94. The number of alkyl halides is 3. The minimum absolute atomic E-state index is 0.0139. The maximum absolute atomic E-state index is 14.4. The van der Waals surface area contributed by atoms with Crippen molar-refractivity contribution in [1.82, 2.24) is 20.0 Å². The highest BCUT2D eigenvalue weighted by Crippen LogP contribution is 2.31. The van der Waals surface area contributed by atoms with E-state index >= 15 is 0 Å². The highest BCUT2D eigenvalue weighted by Gasteiger charge is 2.38. The van der Waals surface area contributed by atoms with Crippen molar-refractivity contribution in [3.05, 3.63) is 60.0 Å². The molecule has 4 rings (SSSR count). The third-order valence-electron chi connectivity index (χ3n) is 4.51. The van der Waals surface area contributed by atoms with Crippen molar-refractivity contribution in [1.29, 1.82) is 0 Å². The quantitative estimate of drug-likeness (QED) is 0.598. The summed E-state index contributed by atoms with van der Waals surface area (Å²) in [4.78, 5) is 21.1. The Morgan fingerprint density at radius 1 is 1.20 bits per heavy atom. The van der Waals surface area contributed by atoms with E-state index in [-0.39, 0.29) is 29.6 Å².